The Labute approximate surface area is 152 Å². The molecule has 0 atom stereocenters. The van der Waals surface area contributed by atoms with Gasteiger partial charge in [-0.15, -0.1) is 0 Å². The van der Waals surface area contributed by atoms with Crippen LogP contribution in [0.2, 0.25) is 0 Å². The average molecular weight is 366 g/mol. The summed E-state index contributed by atoms with van der Waals surface area (Å²) in [5.74, 6) is -1.40. The number of rotatable bonds is 4. The SMILES string of the molecule is Cc1cccc(-n2nc(C(=O)Nc3cccc([N+](=O)[O-])c3)c(O)cc2=O)c1. The highest BCUT2D eigenvalue weighted by Crippen LogP contribution is 2.19. The highest BCUT2D eigenvalue weighted by atomic mass is 16.6. The molecule has 3 aromatic rings. The molecule has 3 rings (SSSR count). The van der Waals surface area contributed by atoms with Gasteiger partial charge in [0.1, 0.15) is 0 Å². The lowest BCUT2D eigenvalue weighted by Crippen LogP contribution is -2.25. The van der Waals surface area contributed by atoms with Gasteiger partial charge in [-0.2, -0.15) is 9.78 Å². The highest BCUT2D eigenvalue weighted by molar-refractivity contribution is 6.04. The molecule has 0 unspecified atom stereocenters. The number of nitrogens with zero attached hydrogens (tertiary/aromatic N) is 3. The van der Waals surface area contributed by atoms with E-state index in [1.807, 2.05) is 13.0 Å². The van der Waals surface area contributed by atoms with Crippen molar-refractivity contribution in [2.45, 2.75) is 6.92 Å². The van der Waals surface area contributed by atoms with Crippen molar-refractivity contribution in [1.82, 2.24) is 9.78 Å². The summed E-state index contributed by atoms with van der Waals surface area (Å²) in [7, 11) is 0. The first-order chi connectivity index (χ1) is 12.8. The van der Waals surface area contributed by atoms with E-state index in [4.69, 9.17) is 0 Å². The van der Waals surface area contributed by atoms with Crippen LogP contribution in [-0.2, 0) is 0 Å². The molecule has 0 radical (unpaired) electrons. The summed E-state index contributed by atoms with van der Waals surface area (Å²) in [6.45, 7) is 1.84. The number of nitro benzene ring substituents is 1. The molecule has 27 heavy (non-hydrogen) atoms. The van der Waals surface area contributed by atoms with Crippen LogP contribution in [0.1, 0.15) is 16.1 Å². The second-order valence-electron chi connectivity index (χ2n) is 5.73. The quantitative estimate of drug-likeness (QED) is 0.539. The Morgan fingerprint density at radius 2 is 1.93 bits per heavy atom. The predicted molar refractivity (Wildman–Crippen MR) is 97.3 cm³/mol. The fourth-order valence-electron chi connectivity index (χ4n) is 2.44. The van der Waals surface area contributed by atoms with Crippen molar-refractivity contribution in [3.05, 3.63) is 86.3 Å². The van der Waals surface area contributed by atoms with Gasteiger partial charge >= 0.3 is 0 Å². The van der Waals surface area contributed by atoms with Crippen LogP contribution in [-0.4, -0.2) is 25.7 Å². The van der Waals surface area contributed by atoms with Gasteiger partial charge in [-0.1, -0.05) is 18.2 Å². The zero-order valence-corrected chi connectivity index (χ0v) is 14.1. The second kappa shape index (κ2) is 7.08. The Balaban J connectivity index is 1.98. The molecule has 2 aromatic carbocycles. The van der Waals surface area contributed by atoms with Crippen LogP contribution in [0.15, 0.2) is 59.4 Å². The Kier molecular flexibility index (Phi) is 4.67. The largest absolute Gasteiger partial charge is 0.505 e. The third-order valence-electron chi connectivity index (χ3n) is 3.69. The van der Waals surface area contributed by atoms with Crippen molar-refractivity contribution in [2.24, 2.45) is 0 Å². The third kappa shape index (κ3) is 3.82. The summed E-state index contributed by atoms with van der Waals surface area (Å²) in [5, 5.41) is 27.2. The molecule has 136 valence electrons. The molecule has 0 fully saturated rings. The van der Waals surface area contributed by atoms with Gasteiger partial charge in [-0.05, 0) is 30.7 Å². The van der Waals surface area contributed by atoms with Gasteiger partial charge < -0.3 is 10.4 Å². The van der Waals surface area contributed by atoms with E-state index in [1.54, 1.807) is 18.2 Å². The molecular weight excluding hydrogens is 352 g/mol. The molecule has 0 saturated heterocycles. The molecule has 0 aliphatic heterocycles. The lowest BCUT2D eigenvalue weighted by atomic mass is 10.2. The predicted octanol–water partition coefficient (Wildman–Crippen LogP) is 2.41. The number of hydrogen-bond acceptors (Lipinski definition) is 6. The summed E-state index contributed by atoms with van der Waals surface area (Å²) in [4.78, 5) is 34.8. The van der Waals surface area contributed by atoms with Crippen LogP contribution in [0.5, 0.6) is 5.75 Å². The van der Waals surface area contributed by atoms with Crippen LogP contribution in [0.4, 0.5) is 11.4 Å². The van der Waals surface area contributed by atoms with Crippen molar-refractivity contribution in [3.63, 3.8) is 0 Å². The lowest BCUT2D eigenvalue weighted by molar-refractivity contribution is -0.384. The Morgan fingerprint density at radius 3 is 2.63 bits per heavy atom. The number of anilines is 1. The number of carbonyl (C=O) groups excluding carboxylic acids is 1. The van der Waals surface area contributed by atoms with Crippen molar-refractivity contribution in [2.75, 3.05) is 5.32 Å². The average Bonchev–Trinajstić information content (AvgIpc) is 2.61. The van der Waals surface area contributed by atoms with Gasteiger partial charge in [-0.25, -0.2) is 0 Å². The van der Waals surface area contributed by atoms with Crippen LogP contribution >= 0.6 is 0 Å². The van der Waals surface area contributed by atoms with Gasteiger partial charge in [0.2, 0.25) is 0 Å². The molecule has 0 aliphatic carbocycles. The van der Waals surface area contributed by atoms with E-state index < -0.39 is 22.1 Å². The van der Waals surface area contributed by atoms with E-state index in [1.165, 1.54) is 24.3 Å². The topological polar surface area (TPSA) is 127 Å². The Hall–Kier alpha value is -4.01. The first-order valence-electron chi connectivity index (χ1n) is 7.81. The Morgan fingerprint density at radius 1 is 1.19 bits per heavy atom. The minimum absolute atomic E-state index is 0.156. The number of nitrogens with one attached hydrogen (secondary N) is 1. The van der Waals surface area contributed by atoms with E-state index in [9.17, 15) is 24.8 Å². The second-order valence-corrected chi connectivity index (χ2v) is 5.73. The van der Waals surface area contributed by atoms with E-state index in [2.05, 4.69) is 10.4 Å². The fourth-order valence-corrected chi connectivity index (χ4v) is 2.44. The first kappa shape index (κ1) is 17.8. The molecule has 2 N–H and O–H groups in total. The lowest BCUT2D eigenvalue weighted by Gasteiger charge is -2.10. The van der Waals surface area contributed by atoms with Crippen molar-refractivity contribution in [1.29, 1.82) is 0 Å². The van der Waals surface area contributed by atoms with Crippen molar-refractivity contribution >= 4 is 17.3 Å². The molecule has 9 heteroatoms. The Bertz CT molecular complexity index is 1110. The summed E-state index contributed by atoms with van der Waals surface area (Å²) < 4.78 is 0.995. The van der Waals surface area contributed by atoms with Crippen LogP contribution in [0.3, 0.4) is 0 Å². The zero-order valence-electron chi connectivity index (χ0n) is 14.1. The zero-order chi connectivity index (χ0) is 19.6. The first-order valence-corrected chi connectivity index (χ1v) is 7.81. The van der Waals surface area contributed by atoms with E-state index >= 15 is 0 Å². The maximum absolute atomic E-state index is 12.5. The number of benzene rings is 2. The molecule has 0 spiro atoms. The molecular formula is C18H14N4O5. The fraction of sp³-hybridized carbons (Fsp3) is 0.0556. The molecule has 1 heterocycles. The molecule has 0 saturated carbocycles. The van der Waals surface area contributed by atoms with Gasteiger partial charge in [0.15, 0.2) is 11.4 Å². The van der Waals surface area contributed by atoms with E-state index in [0.717, 1.165) is 16.3 Å². The third-order valence-corrected chi connectivity index (χ3v) is 3.69. The van der Waals surface area contributed by atoms with Crippen LogP contribution in [0, 0.1) is 17.0 Å². The summed E-state index contributed by atoms with van der Waals surface area (Å²) in [5.41, 5.74) is 0.285. The molecule has 1 amide bonds. The number of amides is 1. The van der Waals surface area contributed by atoms with Crippen molar-refractivity contribution < 1.29 is 14.8 Å². The maximum atomic E-state index is 12.5. The van der Waals surface area contributed by atoms with E-state index in [0.29, 0.717) is 5.69 Å². The molecule has 1 aromatic heterocycles. The minimum Gasteiger partial charge on any atom is -0.505 e. The molecule has 0 aliphatic rings. The summed E-state index contributed by atoms with van der Waals surface area (Å²) in [6, 6.07) is 13.1. The monoisotopic (exact) mass is 366 g/mol. The van der Waals surface area contributed by atoms with Gasteiger partial charge in [-0.3, -0.25) is 19.7 Å². The van der Waals surface area contributed by atoms with Gasteiger partial charge in [0.05, 0.1) is 10.6 Å². The number of hydrogen-bond donors (Lipinski definition) is 2. The van der Waals surface area contributed by atoms with E-state index in [-0.39, 0.29) is 17.1 Å². The summed E-state index contributed by atoms with van der Waals surface area (Å²) >= 11 is 0. The summed E-state index contributed by atoms with van der Waals surface area (Å²) in [6.07, 6.45) is 0. The number of carbonyl (C=O) groups is 1. The highest BCUT2D eigenvalue weighted by Gasteiger charge is 2.18. The number of non-ortho nitro benzene ring substituents is 1. The number of nitro groups is 1. The van der Waals surface area contributed by atoms with Gasteiger partial charge in [0.25, 0.3) is 17.2 Å². The number of aromatic hydroxyl groups is 1. The molecule has 9 nitrogen and oxygen atoms in total. The smallest absolute Gasteiger partial charge is 0.279 e. The standard InChI is InChI=1S/C18H14N4O5/c1-11-4-2-6-13(8-11)21-16(24)10-15(23)17(20-21)18(25)19-12-5-3-7-14(9-12)22(26)27/h2-10,23H,1H3,(H,19,25). The number of aryl methyl sites for hydroxylation is 1. The number of aromatic nitrogens is 2. The van der Waals surface area contributed by atoms with Gasteiger partial charge in [0, 0.05) is 23.9 Å². The van der Waals surface area contributed by atoms with Crippen molar-refractivity contribution in [3.8, 4) is 11.4 Å². The van der Waals surface area contributed by atoms with Crippen LogP contribution < -0.4 is 10.9 Å². The molecule has 0 bridgehead atoms. The van der Waals surface area contributed by atoms with Crippen LogP contribution in [0.25, 0.3) is 5.69 Å². The maximum Gasteiger partial charge on any atom is 0.279 e. The minimum atomic E-state index is -0.811. The normalized spacial score (nSPS) is 10.4.